The van der Waals surface area contributed by atoms with Crippen molar-refractivity contribution < 1.29 is 14.9 Å². The molecule has 0 saturated heterocycles. The fourth-order valence-electron chi connectivity index (χ4n) is 2.44. The van der Waals surface area contributed by atoms with Crippen LogP contribution < -0.4 is 4.74 Å². The topological polar surface area (TPSA) is 49.7 Å². The van der Waals surface area contributed by atoms with Crippen LogP contribution in [0.5, 0.6) is 11.5 Å². The fourth-order valence-corrected chi connectivity index (χ4v) is 2.44. The van der Waals surface area contributed by atoms with E-state index in [9.17, 15) is 10.2 Å². The van der Waals surface area contributed by atoms with E-state index in [2.05, 4.69) is 0 Å². The Balaban J connectivity index is 2.29. The molecule has 0 radical (unpaired) electrons. The second-order valence-electron chi connectivity index (χ2n) is 5.35. The molecule has 0 spiro atoms. The summed E-state index contributed by atoms with van der Waals surface area (Å²) >= 11 is 0. The zero-order valence-corrected chi connectivity index (χ0v) is 10.5. The molecule has 2 N–H and O–H groups in total. The molecule has 1 heterocycles. The van der Waals surface area contributed by atoms with Gasteiger partial charge in [-0.05, 0) is 19.9 Å². The molecule has 0 saturated carbocycles. The Morgan fingerprint density at radius 2 is 1.89 bits per heavy atom. The number of phenolic OH excluding ortho intramolecular Hbond substituents is 1. The first-order valence-corrected chi connectivity index (χ1v) is 6.10. The standard InChI is InChI=1S/C15H16O3/c1-15(2)13(17)8-9-7-12(16)10-5-3-4-6-11(10)14(9)18-15/h3-7,13,16-17H,8H2,1-2H3. The van der Waals surface area contributed by atoms with Crippen molar-refractivity contribution in [1.82, 2.24) is 0 Å². The maximum atomic E-state index is 10.0. The highest BCUT2D eigenvalue weighted by Gasteiger charge is 2.36. The van der Waals surface area contributed by atoms with Crippen LogP contribution in [0.25, 0.3) is 10.8 Å². The third-order valence-corrected chi connectivity index (χ3v) is 3.63. The molecule has 0 amide bonds. The van der Waals surface area contributed by atoms with Crippen molar-refractivity contribution in [1.29, 1.82) is 0 Å². The molecule has 0 aliphatic carbocycles. The normalized spacial score (nSPS) is 21.4. The molecule has 3 heteroatoms. The zero-order chi connectivity index (χ0) is 12.9. The Bertz CT molecular complexity index is 616. The number of phenols is 1. The lowest BCUT2D eigenvalue weighted by molar-refractivity contribution is -0.0400. The van der Waals surface area contributed by atoms with E-state index in [1.807, 2.05) is 38.1 Å². The molecule has 1 unspecified atom stereocenters. The molecule has 2 aromatic carbocycles. The first kappa shape index (κ1) is 11.4. The highest BCUT2D eigenvalue weighted by molar-refractivity contribution is 5.94. The first-order chi connectivity index (χ1) is 8.49. The molecule has 18 heavy (non-hydrogen) atoms. The highest BCUT2D eigenvalue weighted by atomic mass is 16.5. The van der Waals surface area contributed by atoms with Crippen LogP contribution in [0.15, 0.2) is 30.3 Å². The number of hydrogen-bond donors (Lipinski definition) is 2. The number of fused-ring (bicyclic) bond motifs is 3. The third-order valence-electron chi connectivity index (χ3n) is 3.63. The van der Waals surface area contributed by atoms with Crippen molar-refractivity contribution in [2.24, 2.45) is 0 Å². The van der Waals surface area contributed by atoms with Gasteiger partial charge in [-0.3, -0.25) is 0 Å². The second kappa shape index (κ2) is 3.62. The van der Waals surface area contributed by atoms with Crippen LogP contribution in [-0.4, -0.2) is 21.9 Å². The van der Waals surface area contributed by atoms with Gasteiger partial charge >= 0.3 is 0 Å². The lowest BCUT2D eigenvalue weighted by Gasteiger charge is -2.37. The van der Waals surface area contributed by atoms with Gasteiger partial charge in [-0.15, -0.1) is 0 Å². The van der Waals surface area contributed by atoms with Gasteiger partial charge < -0.3 is 14.9 Å². The minimum absolute atomic E-state index is 0.236. The van der Waals surface area contributed by atoms with E-state index in [1.165, 1.54) is 0 Å². The molecule has 3 rings (SSSR count). The largest absolute Gasteiger partial charge is 0.507 e. The quantitative estimate of drug-likeness (QED) is 0.749. The molecule has 2 aromatic rings. The average molecular weight is 244 g/mol. The van der Waals surface area contributed by atoms with Gasteiger partial charge in [0.1, 0.15) is 17.1 Å². The van der Waals surface area contributed by atoms with Crippen molar-refractivity contribution in [3.63, 3.8) is 0 Å². The Kier molecular flexibility index (Phi) is 2.29. The molecule has 1 aliphatic heterocycles. The minimum Gasteiger partial charge on any atom is -0.507 e. The van der Waals surface area contributed by atoms with Crippen LogP contribution in [0.1, 0.15) is 19.4 Å². The summed E-state index contributed by atoms with van der Waals surface area (Å²) in [5.41, 5.74) is 0.255. The maximum Gasteiger partial charge on any atom is 0.131 e. The van der Waals surface area contributed by atoms with Crippen LogP contribution in [0.3, 0.4) is 0 Å². The van der Waals surface area contributed by atoms with Gasteiger partial charge in [-0.1, -0.05) is 24.3 Å². The Hall–Kier alpha value is -1.74. The van der Waals surface area contributed by atoms with Gasteiger partial charge in [0.2, 0.25) is 0 Å². The monoisotopic (exact) mass is 244 g/mol. The van der Waals surface area contributed by atoms with Gasteiger partial charge in [0.05, 0.1) is 6.10 Å². The summed E-state index contributed by atoms with van der Waals surface area (Å²) in [6.45, 7) is 3.75. The van der Waals surface area contributed by atoms with Crippen LogP contribution in [0.2, 0.25) is 0 Å². The minimum atomic E-state index is -0.604. The maximum absolute atomic E-state index is 10.0. The highest BCUT2D eigenvalue weighted by Crippen LogP contribution is 2.42. The van der Waals surface area contributed by atoms with E-state index in [-0.39, 0.29) is 5.75 Å². The number of aromatic hydroxyl groups is 1. The lowest BCUT2D eigenvalue weighted by atomic mass is 9.89. The number of hydrogen-bond acceptors (Lipinski definition) is 3. The zero-order valence-electron chi connectivity index (χ0n) is 10.5. The Labute approximate surface area is 106 Å². The smallest absolute Gasteiger partial charge is 0.131 e. The van der Waals surface area contributed by atoms with E-state index < -0.39 is 11.7 Å². The molecule has 94 valence electrons. The second-order valence-corrected chi connectivity index (χ2v) is 5.35. The van der Waals surface area contributed by atoms with E-state index in [4.69, 9.17) is 4.74 Å². The predicted molar refractivity (Wildman–Crippen MR) is 70.0 cm³/mol. The summed E-state index contributed by atoms with van der Waals surface area (Å²) in [5, 5.41) is 21.7. The summed E-state index contributed by atoms with van der Waals surface area (Å²) in [6.07, 6.45) is -0.0636. The molecular formula is C15H16O3. The average Bonchev–Trinajstić information content (AvgIpc) is 2.33. The van der Waals surface area contributed by atoms with Gasteiger partial charge in [0, 0.05) is 22.8 Å². The molecule has 0 aromatic heterocycles. The molecule has 1 atom stereocenters. The van der Waals surface area contributed by atoms with Crippen molar-refractivity contribution in [2.75, 3.05) is 0 Å². The molecular weight excluding hydrogens is 228 g/mol. The number of rotatable bonds is 0. The van der Waals surface area contributed by atoms with Gasteiger partial charge in [-0.2, -0.15) is 0 Å². The summed E-state index contributed by atoms with van der Waals surface area (Å²) in [6, 6.07) is 9.30. The first-order valence-electron chi connectivity index (χ1n) is 6.10. The SMILES string of the molecule is CC1(C)Oc2c(cc(O)c3ccccc23)CC1O. The van der Waals surface area contributed by atoms with Crippen LogP contribution in [0, 0.1) is 0 Å². The van der Waals surface area contributed by atoms with E-state index in [0.717, 1.165) is 22.1 Å². The number of benzene rings is 2. The van der Waals surface area contributed by atoms with Crippen molar-refractivity contribution in [2.45, 2.75) is 32.0 Å². The number of aliphatic hydroxyl groups is 1. The lowest BCUT2D eigenvalue weighted by Crippen LogP contribution is -2.46. The van der Waals surface area contributed by atoms with Crippen LogP contribution >= 0.6 is 0 Å². The van der Waals surface area contributed by atoms with E-state index >= 15 is 0 Å². The van der Waals surface area contributed by atoms with Crippen LogP contribution in [0.4, 0.5) is 0 Å². The predicted octanol–water partition coefficient (Wildman–Crippen LogP) is 2.62. The Morgan fingerprint density at radius 1 is 1.22 bits per heavy atom. The third kappa shape index (κ3) is 1.55. The van der Waals surface area contributed by atoms with Gasteiger partial charge in [-0.25, -0.2) is 0 Å². The van der Waals surface area contributed by atoms with E-state index in [0.29, 0.717) is 6.42 Å². The van der Waals surface area contributed by atoms with Crippen LogP contribution in [-0.2, 0) is 6.42 Å². The summed E-state index contributed by atoms with van der Waals surface area (Å²) in [4.78, 5) is 0. The van der Waals surface area contributed by atoms with Crippen molar-refractivity contribution in [3.05, 3.63) is 35.9 Å². The molecule has 1 aliphatic rings. The number of aliphatic hydroxyl groups excluding tert-OH is 1. The molecule has 0 fully saturated rings. The van der Waals surface area contributed by atoms with Gasteiger partial charge in [0.15, 0.2) is 0 Å². The fraction of sp³-hybridized carbons (Fsp3) is 0.333. The number of ether oxygens (including phenoxy) is 1. The summed E-state index contributed by atoms with van der Waals surface area (Å²) < 4.78 is 5.94. The summed E-state index contributed by atoms with van der Waals surface area (Å²) in [5.74, 6) is 1.01. The van der Waals surface area contributed by atoms with E-state index in [1.54, 1.807) is 6.07 Å². The molecule has 0 bridgehead atoms. The Morgan fingerprint density at radius 3 is 2.61 bits per heavy atom. The van der Waals surface area contributed by atoms with Gasteiger partial charge in [0.25, 0.3) is 0 Å². The molecule has 3 nitrogen and oxygen atoms in total. The van der Waals surface area contributed by atoms with Crippen molar-refractivity contribution in [3.8, 4) is 11.5 Å². The van der Waals surface area contributed by atoms with Crippen molar-refractivity contribution >= 4 is 10.8 Å². The summed E-state index contributed by atoms with van der Waals surface area (Å²) in [7, 11) is 0.